The molecule has 0 saturated carbocycles. The predicted molar refractivity (Wildman–Crippen MR) is 66.5 cm³/mol. The first kappa shape index (κ1) is 15.7. The summed E-state index contributed by atoms with van der Waals surface area (Å²) in [4.78, 5) is 10.5. The van der Waals surface area contributed by atoms with Gasteiger partial charge in [0.2, 0.25) is 15.8 Å². The second-order valence-corrected chi connectivity index (χ2v) is 6.45. The van der Waals surface area contributed by atoms with E-state index in [4.69, 9.17) is 14.6 Å². The van der Waals surface area contributed by atoms with E-state index >= 15 is 0 Å². The molecule has 108 valence electrons. The number of hydrogen-bond acceptors (Lipinski definition) is 5. The van der Waals surface area contributed by atoms with E-state index in [-0.39, 0.29) is 23.7 Å². The topological polar surface area (TPSA) is 117 Å². The van der Waals surface area contributed by atoms with Gasteiger partial charge in [0.25, 0.3) is 0 Å². The van der Waals surface area contributed by atoms with Crippen LogP contribution in [0.25, 0.3) is 0 Å². The first-order chi connectivity index (χ1) is 8.59. The van der Waals surface area contributed by atoms with Crippen molar-refractivity contribution in [3.8, 4) is 0 Å². The molecule has 0 aliphatic carbocycles. The van der Waals surface area contributed by atoms with Gasteiger partial charge in [0.15, 0.2) is 0 Å². The van der Waals surface area contributed by atoms with Gasteiger partial charge in [-0.1, -0.05) is 0 Å². The van der Waals surface area contributed by atoms with Crippen LogP contribution in [-0.2, 0) is 10.0 Å². The van der Waals surface area contributed by atoms with E-state index in [1.807, 2.05) is 0 Å². The van der Waals surface area contributed by atoms with Gasteiger partial charge in [-0.25, -0.2) is 17.9 Å². The highest BCUT2D eigenvalue weighted by molar-refractivity contribution is 7.89. The highest BCUT2D eigenvalue weighted by atomic mass is 32.2. The third-order valence-electron chi connectivity index (χ3n) is 2.52. The fraction of sp³-hybridized carbons (Fsp3) is 0.545. The lowest BCUT2D eigenvalue weighted by Crippen LogP contribution is -2.43. The zero-order valence-corrected chi connectivity index (χ0v) is 11.7. The molecule has 0 radical (unpaired) electrons. The molecular formula is C11H17NO6S. The molecule has 0 amide bonds. The molecule has 0 saturated heterocycles. The summed E-state index contributed by atoms with van der Waals surface area (Å²) in [6.07, 6.45) is 0.231. The second kappa shape index (κ2) is 5.32. The molecule has 1 aromatic heterocycles. The fourth-order valence-corrected chi connectivity index (χ4v) is 3.21. The van der Waals surface area contributed by atoms with E-state index < -0.39 is 27.3 Å². The molecule has 19 heavy (non-hydrogen) atoms. The van der Waals surface area contributed by atoms with Gasteiger partial charge in [0, 0.05) is 18.2 Å². The Balaban J connectivity index is 3.11. The van der Waals surface area contributed by atoms with Crippen molar-refractivity contribution in [3.63, 3.8) is 0 Å². The second-order valence-electron chi connectivity index (χ2n) is 4.80. The van der Waals surface area contributed by atoms with Crippen molar-refractivity contribution in [2.45, 2.75) is 37.6 Å². The average molecular weight is 291 g/mol. The van der Waals surface area contributed by atoms with Gasteiger partial charge in [-0.05, 0) is 27.2 Å². The van der Waals surface area contributed by atoms with Crippen LogP contribution >= 0.6 is 0 Å². The van der Waals surface area contributed by atoms with Crippen LogP contribution in [0, 0.1) is 6.92 Å². The third kappa shape index (κ3) is 3.79. The first-order valence-corrected chi connectivity index (χ1v) is 7.06. The number of aromatic carboxylic acids is 1. The normalized spacial score (nSPS) is 12.6. The zero-order chi connectivity index (χ0) is 14.8. The number of aryl methyl sites for hydroxylation is 1. The van der Waals surface area contributed by atoms with Gasteiger partial charge in [0.1, 0.15) is 10.7 Å². The van der Waals surface area contributed by atoms with Crippen molar-refractivity contribution in [2.75, 3.05) is 6.61 Å². The highest BCUT2D eigenvalue weighted by Gasteiger charge is 2.29. The largest absolute Gasteiger partial charge is 0.475 e. The molecule has 0 aliphatic heterocycles. The van der Waals surface area contributed by atoms with Gasteiger partial charge >= 0.3 is 5.97 Å². The number of carboxylic acids is 1. The van der Waals surface area contributed by atoms with Crippen molar-refractivity contribution >= 4 is 16.0 Å². The Morgan fingerprint density at radius 1 is 1.47 bits per heavy atom. The van der Waals surface area contributed by atoms with Gasteiger partial charge < -0.3 is 14.6 Å². The van der Waals surface area contributed by atoms with Crippen LogP contribution in [0.15, 0.2) is 15.4 Å². The zero-order valence-electron chi connectivity index (χ0n) is 10.9. The summed E-state index contributed by atoms with van der Waals surface area (Å²) in [5.74, 6) is -1.76. The van der Waals surface area contributed by atoms with E-state index in [0.717, 1.165) is 6.07 Å². The van der Waals surface area contributed by atoms with Crippen LogP contribution in [-0.4, -0.2) is 36.7 Å². The van der Waals surface area contributed by atoms with Gasteiger partial charge in [0.05, 0.1) is 0 Å². The number of nitrogens with one attached hydrogen (secondary N) is 1. The van der Waals surface area contributed by atoms with Crippen molar-refractivity contribution in [1.82, 2.24) is 4.72 Å². The number of furan rings is 1. The smallest absolute Gasteiger partial charge is 0.371 e. The van der Waals surface area contributed by atoms with Crippen molar-refractivity contribution in [3.05, 3.63) is 17.6 Å². The molecule has 1 rings (SSSR count). The van der Waals surface area contributed by atoms with E-state index in [9.17, 15) is 13.2 Å². The summed E-state index contributed by atoms with van der Waals surface area (Å²) in [5, 5.41) is 17.6. The van der Waals surface area contributed by atoms with Crippen molar-refractivity contribution in [1.29, 1.82) is 0 Å². The molecule has 3 N–H and O–H groups in total. The molecule has 0 aliphatic rings. The molecule has 0 bridgehead atoms. The van der Waals surface area contributed by atoms with Crippen LogP contribution < -0.4 is 4.72 Å². The van der Waals surface area contributed by atoms with Crippen LogP contribution in [0.4, 0.5) is 0 Å². The summed E-state index contributed by atoms with van der Waals surface area (Å²) in [5.41, 5.74) is -0.847. The van der Waals surface area contributed by atoms with Gasteiger partial charge in [-0.3, -0.25) is 0 Å². The summed E-state index contributed by atoms with van der Waals surface area (Å²) in [6, 6.07) is 0.967. The molecule has 1 aromatic rings. The highest BCUT2D eigenvalue weighted by Crippen LogP contribution is 2.22. The quantitative estimate of drug-likeness (QED) is 0.711. The van der Waals surface area contributed by atoms with Crippen molar-refractivity contribution in [2.24, 2.45) is 0 Å². The van der Waals surface area contributed by atoms with Crippen LogP contribution in [0.2, 0.25) is 0 Å². The maximum absolute atomic E-state index is 12.1. The summed E-state index contributed by atoms with van der Waals surface area (Å²) < 4.78 is 31.5. The fourth-order valence-electron chi connectivity index (χ4n) is 1.59. The number of sulfonamides is 1. The van der Waals surface area contributed by atoms with E-state index in [1.165, 1.54) is 6.92 Å². The molecular weight excluding hydrogens is 274 g/mol. The Bertz CT molecular complexity index is 572. The van der Waals surface area contributed by atoms with Gasteiger partial charge in [-0.15, -0.1) is 0 Å². The lowest BCUT2D eigenvalue weighted by molar-refractivity contribution is 0.0661. The number of carboxylic acid groups (broad SMARTS) is 1. The molecule has 8 heteroatoms. The Labute approximate surface area is 111 Å². The molecule has 7 nitrogen and oxygen atoms in total. The van der Waals surface area contributed by atoms with Crippen LogP contribution in [0.3, 0.4) is 0 Å². The standard InChI is InChI=1S/C11H17NO6S/c1-7-9(6-8(18-7)10(14)15)19(16,17)12-11(2,3)4-5-13/h6,12-13H,4-5H2,1-3H3,(H,14,15). The third-order valence-corrected chi connectivity index (χ3v) is 4.33. The van der Waals surface area contributed by atoms with Crippen LogP contribution in [0.5, 0.6) is 0 Å². The number of carbonyl (C=O) groups is 1. The average Bonchev–Trinajstić information content (AvgIpc) is 2.59. The van der Waals surface area contributed by atoms with E-state index in [0.29, 0.717) is 0 Å². The minimum Gasteiger partial charge on any atom is -0.475 e. The molecule has 1 heterocycles. The maximum atomic E-state index is 12.1. The lowest BCUT2D eigenvalue weighted by Gasteiger charge is -2.24. The minimum absolute atomic E-state index is 0.00435. The number of hydrogen-bond donors (Lipinski definition) is 3. The molecule has 0 atom stereocenters. The molecule has 0 aromatic carbocycles. The Morgan fingerprint density at radius 3 is 2.47 bits per heavy atom. The summed E-state index contributed by atoms with van der Waals surface area (Å²) in [7, 11) is -3.90. The Morgan fingerprint density at radius 2 is 2.05 bits per heavy atom. The molecule has 0 unspecified atom stereocenters. The van der Waals surface area contributed by atoms with Crippen LogP contribution in [0.1, 0.15) is 36.6 Å². The Hall–Kier alpha value is -1.38. The summed E-state index contributed by atoms with van der Waals surface area (Å²) >= 11 is 0. The summed E-state index contributed by atoms with van der Waals surface area (Å²) in [6.45, 7) is 4.45. The maximum Gasteiger partial charge on any atom is 0.371 e. The number of rotatable bonds is 6. The minimum atomic E-state index is -3.90. The number of aliphatic hydroxyl groups excluding tert-OH is 1. The predicted octanol–water partition coefficient (Wildman–Crippen LogP) is 0.726. The monoisotopic (exact) mass is 291 g/mol. The number of aliphatic hydroxyl groups is 1. The Kier molecular flexibility index (Phi) is 4.39. The van der Waals surface area contributed by atoms with Gasteiger partial charge in [-0.2, -0.15) is 0 Å². The van der Waals surface area contributed by atoms with E-state index in [1.54, 1.807) is 13.8 Å². The molecule has 0 fully saturated rings. The lowest BCUT2D eigenvalue weighted by atomic mass is 10.0. The SMILES string of the molecule is Cc1oc(C(=O)O)cc1S(=O)(=O)NC(C)(C)CCO. The van der Waals surface area contributed by atoms with Crippen molar-refractivity contribution < 1.29 is 27.8 Å². The van der Waals surface area contributed by atoms with E-state index in [2.05, 4.69) is 4.72 Å². The first-order valence-electron chi connectivity index (χ1n) is 5.57. The molecule has 0 spiro atoms.